The minimum Gasteiger partial charge on any atom is -0.354 e. The number of piperidine rings is 3. The summed E-state index contributed by atoms with van der Waals surface area (Å²) in [5.74, 6) is 0.533. The highest BCUT2D eigenvalue weighted by Crippen LogP contribution is 2.24. The molecule has 3 aliphatic rings. The average molecular weight is 442 g/mol. The number of carbonyl (C=O) groups excluding carboxylic acids is 2. The largest absolute Gasteiger partial charge is 0.354 e. The maximum absolute atomic E-state index is 12.6. The second-order valence-corrected chi connectivity index (χ2v) is 9.72. The Morgan fingerprint density at radius 3 is 2.56 bits per heavy atom. The predicted octanol–water partition coefficient (Wildman–Crippen LogP) is 2.20. The van der Waals surface area contributed by atoms with Crippen molar-refractivity contribution in [2.75, 3.05) is 45.8 Å². The van der Waals surface area contributed by atoms with Gasteiger partial charge in [-0.25, -0.2) is 0 Å². The molecule has 7 nitrogen and oxygen atoms in total. The molecule has 3 aliphatic heterocycles. The fourth-order valence-corrected chi connectivity index (χ4v) is 5.44. The van der Waals surface area contributed by atoms with Crippen LogP contribution in [0.3, 0.4) is 0 Å². The molecule has 0 spiro atoms. The van der Waals surface area contributed by atoms with Gasteiger partial charge in [-0.2, -0.15) is 0 Å². The zero-order chi connectivity index (χ0) is 22.3. The van der Waals surface area contributed by atoms with Gasteiger partial charge in [-0.3, -0.25) is 19.5 Å². The van der Waals surface area contributed by atoms with Crippen LogP contribution in [0.2, 0.25) is 0 Å². The zero-order valence-electron chi connectivity index (χ0n) is 19.6. The number of amides is 2. The molecule has 176 valence electrons. The first-order valence-corrected chi connectivity index (χ1v) is 12.5. The number of hydrogen-bond donors (Lipinski definition) is 1. The highest BCUT2D eigenvalue weighted by molar-refractivity contribution is 5.79. The van der Waals surface area contributed by atoms with Crippen molar-refractivity contribution in [3.05, 3.63) is 29.6 Å². The van der Waals surface area contributed by atoms with Crippen LogP contribution in [0.4, 0.5) is 0 Å². The van der Waals surface area contributed by atoms with Gasteiger partial charge in [0.05, 0.1) is 5.69 Å². The molecule has 0 radical (unpaired) electrons. The molecule has 7 heteroatoms. The minimum atomic E-state index is 0.121. The van der Waals surface area contributed by atoms with Crippen molar-refractivity contribution >= 4 is 11.8 Å². The number of aromatic nitrogens is 1. The molecule has 4 rings (SSSR count). The van der Waals surface area contributed by atoms with Crippen LogP contribution >= 0.6 is 0 Å². The van der Waals surface area contributed by atoms with Crippen molar-refractivity contribution in [1.82, 2.24) is 25.0 Å². The van der Waals surface area contributed by atoms with Crippen LogP contribution in [0.25, 0.3) is 0 Å². The van der Waals surface area contributed by atoms with Crippen LogP contribution in [0.1, 0.15) is 56.3 Å². The van der Waals surface area contributed by atoms with Crippen LogP contribution in [0.5, 0.6) is 0 Å². The third kappa shape index (κ3) is 6.29. The first kappa shape index (κ1) is 23.2. The summed E-state index contributed by atoms with van der Waals surface area (Å²) in [4.78, 5) is 36.2. The summed E-state index contributed by atoms with van der Waals surface area (Å²) in [7, 11) is 0. The van der Waals surface area contributed by atoms with E-state index in [2.05, 4.69) is 45.2 Å². The zero-order valence-corrected chi connectivity index (χ0v) is 19.6. The van der Waals surface area contributed by atoms with E-state index in [4.69, 9.17) is 0 Å². The van der Waals surface area contributed by atoms with Gasteiger partial charge in [0, 0.05) is 63.3 Å². The molecule has 3 fully saturated rings. The molecule has 3 saturated heterocycles. The molecular formula is C25H39N5O2. The molecule has 32 heavy (non-hydrogen) atoms. The number of nitrogens with one attached hydrogen (secondary N) is 1. The molecule has 0 bridgehead atoms. The van der Waals surface area contributed by atoms with Crippen molar-refractivity contribution in [2.45, 2.75) is 64.5 Å². The quantitative estimate of drug-likeness (QED) is 0.703. The molecule has 1 N–H and O–H groups in total. The smallest absolute Gasteiger partial charge is 0.223 e. The number of carbonyl (C=O) groups is 2. The van der Waals surface area contributed by atoms with Gasteiger partial charge in [-0.1, -0.05) is 6.07 Å². The lowest BCUT2D eigenvalue weighted by Gasteiger charge is -2.41. The van der Waals surface area contributed by atoms with E-state index in [0.717, 1.165) is 70.6 Å². The Labute approximate surface area is 192 Å². The number of likely N-dealkylation sites (tertiary alicyclic amines) is 3. The summed E-state index contributed by atoms with van der Waals surface area (Å²) in [6.07, 6.45) is 7.04. The molecule has 1 aromatic rings. The Bertz CT molecular complexity index is 769. The van der Waals surface area contributed by atoms with Crippen molar-refractivity contribution in [1.29, 1.82) is 0 Å². The van der Waals surface area contributed by atoms with E-state index in [9.17, 15) is 9.59 Å². The van der Waals surface area contributed by atoms with E-state index in [-0.39, 0.29) is 17.7 Å². The number of aryl methyl sites for hydroxylation is 1. The Morgan fingerprint density at radius 1 is 1.06 bits per heavy atom. The van der Waals surface area contributed by atoms with E-state index >= 15 is 0 Å². The van der Waals surface area contributed by atoms with Gasteiger partial charge in [-0.05, 0) is 70.7 Å². The Morgan fingerprint density at radius 2 is 1.84 bits per heavy atom. The lowest BCUT2D eigenvalue weighted by Crippen LogP contribution is -2.49. The monoisotopic (exact) mass is 441 g/mol. The SMILES string of the molecule is Cc1cccc(CN2CCC(N3CCC(C(=O)NCCN4CCCCC4=O)CC3)CC2)n1. The van der Waals surface area contributed by atoms with Gasteiger partial charge >= 0.3 is 0 Å². The van der Waals surface area contributed by atoms with E-state index in [0.29, 0.717) is 25.6 Å². The second-order valence-electron chi connectivity index (χ2n) is 9.72. The van der Waals surface area contributed by atoms with Crippen LogP contribution in [-0.4, -0.2) is 83.4 Å². The summed E-state index contributed by atoms with van der Waals surface area (Å²) in [5, 5.41) is 3.08. The maximum Gasteiger partial charge on any atom is 0.223 e. The van der Waals surface area contributed by atoms with Crippen LogP contribution in [0, 0.1) is 12.8 Å². The summed E-state index contributed by atoms with van der Waals surface area (Å²) in [5.41, 5.74) is 2.25. The Balaban J connectivity index is 1.13. The Kier molecular flexibility index (Phi) is 8.14. The fourth-order valence-electron chi connectivity index (χ4n) is 5.44. The fraction of sp³-hybridized carbons (Fsp3) is 0.720. The van der Waals surface area contributed by atoms with Gasteiger partial charge in [0.2, 0.25) is 11.8 Å². The standard InChI is InChI=1S/C25H39N5O2/c1-20-5-4-6-22(27-20)19-28-14-10-23(11-15-28)29-16-8-21(9-17-29)25(32)26-12-18-30-13-3-2-7-24(30)31/h4-6,21,23H,2-3,7-19H2,1H3,(H,26,32). The van der Waals surface area contributed by atoms with Crippen molar-refractivity contribution in [3.8, 4) is 0 Å². The summed E-state index contributed by atoms with van der Waals surface area (Å²) < 4.78 is 0. The predicted molar refractivity (Wildman–Crippen MR) is 125 cm³/mol. The van der Waals surface area contributed by atoms with Gasteiger partial charge in [-0.15, -0.1) is 0 Å². The normalized spacial score (nSPS) is 22.3. The number of nitrogens with zero attached hydrogens (tertiary/aromatic N) is 4. The number of hydrogen-bond acceptors (Lipinski definition) is 5. The van der Waals surface area contributed by atoms with E-state index < -0.39 is 0 Å². The molecule has 0 aromatic carbocycles. The topological polar surface area (TPSA) is 68.8 Å². The summed E-state index contributed by atoms with van der Waals surface area (Å²) >= 11 is 0. The van der Waals surface area contributed by atoms with Crippen LogP contribution in [0.15, 0.2) is 18.2 Å². The molecule has 1 aromatic heterocycles. The van der Waals surface area contributed by atoms with Crippen molar-refractivity contribution < 1.29 is 9.59 Å². The Hall–Kier alpha value is -1.99. The third-order valence-corrected chi connectivity index (χ3v) is 7.41. The first-order chi connectivity index (χ1) is 15.6. The van der Waals surface area contributed by atoms with Crippen molar-refractivity contribution in [2.24, 2.45) is 5.92 Å². The van der Waals surface area contributed by atoms with Gasteiger partial charge in [0.1, 0.15) is 0 Å². The first-order valence-electron chi connectivity index (χ1n) is 12.5. The molecule has 2 amide bonds. The van der Waals surface area contributed by atoms with E-state index in [1.165, 1.54) is 18.5 Å². The van der Waals surface area contributed by atoms with Gasteiger partial charge < -0.3 is 15.1 Å². The summed E-state index contributed by atoms with van der Waals surface area (Å²) in [6, 6.07) is 6.91. The third-order valence-electron chi connectivity index (χ3n) is 7.41. The highest BCUT2D eigenvalue weighted by Gasteiger charge is 2.30. The molecule has 0 aliphatic carbocycles. The minimum absolute atomic E-state index is 0.121. The summed E-state index contributed by atoms with van der Waals surface area (Å²) in [6.45, 7) is 9.35. The maximum atomic E-state index is 12.6. The van der Waals surface area contributed by atoms with Crippen LogP contribution in [-0.2, 0) is 16.1 Å². The number of rotatable bonds is 7. The lowest BCUT2D eigenvalue weighted by molar-refractivity contribution is -0.134. The molecule has 0 unspecified atom stereocenters. The van der Waals surface area contributed by atoms with Crippen LogP contribution < -0.4 is 5.32 Å². The highest BCUT2D eigenvalue weighted by atomic mass is 16.2. The van der Waals surface area contributed by atoms with Gasteiger partial charge in [0.25, 0.3) is 0 Å². The molecular weight excluding hydrogens is 402 g/mol. The number of pyridine rings is 1. The molecule has 0 saturated carbocycles. The van der Waals surface area contributed by atoms with Gasteiger partial charge in [0.15, 0.2) is 0 Å². The average Bonchev–Trinajstić information content (AvgIpc) is 2.81. The lowest BCUT2D eigenvalue weighted by atomic mass is 9.92. The molecule has 0 atom stereocenters. The van der Waals surface area contributed by atoms with Crippen molar-refractivity contribution in [3.63, 3.8) is 0 Å². The second kappa shape index (κ2) is 11.2. The molecule has 4 heterocycles. The van der Waals surface area contributed by atoms with E-state index in [1.54, 1.807) is 0 Å². The van der Waals surface area contributed by atoms with E-state index in [1.807, 2.05) is 4.90 Å².